The smallest absolute Gasteiger partial charge is 0.362 e. The fraction of sp³-hybridized carbons (Fsp3) is 0.862. The topological polar surface area (TPSA) is 77.8 Å². The molecule has 5 nitrogen and oxygen atoms in total. The summed E-state index contributed by atoms with van der Waals surface area (Å²) in [6.45, 7) is 2.24. The lowest BCUT2D eigenvalue weighted by molar-refractivity contribution is -0.875. The van der Waals surface area contributed by atoms with Gasteiger partial charge in [0.1, 0.15) is 6.54 Å². The number of nitrogens with zero attached hydrogens (tertiary/aromatic N) is 1. The first-order chi connectivity index (χ1) is 16.5. The quantitative estimate of drug-likeness (QED) is 0.0524. The van der Waals surface area contributed by atoms with Crippen LogP contribution in [0.25, 0.3) is 0 Å². The van der Waals surface area contributed by atoms with E-state index in [1.165, 1.54) is 89.9 Å². The van der Waals surface area contributed by atoms with Crippen molar-refractivity contribution in [1.82, 2.24) is 0 Å². The van der Waals surface area contributed by atoms with Gasteiger partial charge >= 0.3 is 7.60 Å². The Morgan fingerprint density at radius 2 is 1.00 bits per heavy atom. The summed E-state index contributed by atoms with van der Waals surface area (Å²) in [5.41, 5.74) is 0. The second-order valence-electron chi connectivity index (χ2n) is 11.4. The van der Waals surface area contributed by atoms with E-state index in [0.717, 1.165) is 19.3 Å². The van der Waals surface area contributed by atoms with E-state index >= 15 is 0 Å². The lowest BCUT2D eigenvalue weighted by Crippen LogP contribution is -2.49. The largest absolute Gasteiger partial charge is 0.373 e. The van der Waals surface area contributed by atoms with Gasteiger partial charge in [-0.1, -0.05) is 108 Å². The molecule has 0 spiro atoms. The monoisotopic (exact) mass is 516 g/mol. The summed E-state index contributed by atoms with van der Waals surface area (Å²) in [7, 11) is 0.983. The third-order valence-corrected chi connectivity index (χ3v) is 7.99. The van der Waals surface area contributed by atoms with Gasteiger partial charge in [-0.25, -0.2) is 0 Å². The lowest BCUT2D eigenvalue weighted by Gasteiger charge is -2.35. The highest BCUT2D eigenvalue weighted by Gasteiger charge is 2.48. The molecule has 0 saturated carbocycles. The molecule has 208 valence electrons. The van der Waals surface area contributed by atoms with Crippen molar-refractivity contribution in [3.05, 3.63) is 24.3 Å². The predicted molar refractivity (Wildman–Crippen MR) is 152 cm³/mol. The van der Waals surface area contributed by atoms with Gasteiger partial charge in [0.2, 0.25) is 5.34 Å². The Labute approximate surface area is 217 Å². The Morgan fingerprint density at radius 1 is 0.629 bits per heavy atom. The van der Waals surface area contributed by atoms with Gasteiger partial charge in [0.15, 0.2) is 0 Å². The molecule has 0 aromatic carbocycles. The van der Waals surface area contributed by atoms with Crippen molar-refractivity contribution in [2.24, 2.45) is 0 Å². The molecule has 0 aromatic heterocycles. The average Bonchev–Trinajstić information content (AvgIpc) is 2.75. The van der Waals surface area contributed by atoms with Crippen LogP contribution in [0.1, 0.15) is 129 Å². The third-order valence-electron chi connectivity index (χ3n) is 6.54. The summed E-state index contributed by atoms with van der Waals surface area (Å²) in [6, 6.07) is 0. The summed E-state index contributed by atoms with van der Waals surface area (Å²) in [6.07, 6.45) is 31.3. The van der Waals surface area contributed by atoms with Crippen molar-refractivity contribution in [3.63, 3.8) is 0 Å². The molecule has 0 aliphatic heterocycles. The van der Waals surface area contributed by atoms with Crippen molar-refractivity contribution in [2.45, 2.75) is 134 Å². The van der Waals surface area contributed by atoms with Crippen LogP contribution in [-0.4, -0.2) is 52.4 Å². The van der Waals surface area contributed by atoms with Crippen molar-refractivity contribution in [2.75, 3.05) is 27.7 Å². The maximum absolute atomic E-state index is 11.8. The number of unbranched alkanes of at least 4 members (excludes halogenated alkanes) is 15. The number of quaternary nitrogens is 1. The average molecular weight is 517 g/mol. The number of hydrogen-bond acceptors (Lipinski definition) is 2. The molecule has 35 heavy (non-hydrogen) atoms. The Bertz CT molecular complexity index is 594. The minimum Gasteiger partial charge on any atom is -0.373 e. The number of aliphatic hydroxyl groups is 1. The molecule has 3 N–H and O–H groups in total. The summed E-state index contributed by atoms with van der Waals surface area (Å²) >= 11 is 0. The first-order valence-electron chi connectivity index (χ1n) is 14.4. The van der Waals surface area contributed by atoms with E-state index in [9.17, 15) is 19.5 Å². The zero-order chi connectivity index (χ0) is 26.5. The molecule has 0 fully saturated rings. The van der Waals surface area contributed by atoms with E-state index in [4.69, 9.17) is 0 Å². The normalized spacial score (nSPS) is 14.8. The van der Waals surface area contributed by atoms with Gasteiger partial charge in [-0.2, -0.15) is 0 Å². The van der Waals surface area contributed by atoms with Crippen molar-refractivity contribution in [1.29, 1.82) is 0 Å². The van der Waals surface area contributed by atoms with E-state index in [1.54, 1.807) is 0 Å². The maximum atomic E-state index is 11.8. The van der Waals surface area contributed by atoms with Crippen LogP contribution in [0.4, 0.5) is 0 Å². The zero-order valence-electron chi connectivity index (χ0n) is 23.6. The molecular weight excluding hydrogens is 457 g/mol. The number of hydrogen-bond donors (Lipinski definition) is 3. The zero-order valence-corrected chi connectivity index (χ0v) is 24.5. The molecule has 0 saturated heterocycles. The van der Waals surface area contributed by atoms with Crippen molar-refractivity contribution >= 4 is 7.60 Å². The fourth-order valence-electron chi connectivity index (χ4n) is 4.58. The predicted octanol–water partition coefficient (Wildman–Crippen LogP) is 8.10. The van der Waals surface area contributed by atoms with Gasteiger partial charge in [0, 0.05) is 0 Å². The first-order valence-corrected chi connectivity index (χ1v) is 16.0. The summed E-state index contributed by atoms with van der Waals surface area (Å²) < 4.78 is 12.1. The second kappa shape index (κ2) is 20.6. The molecule has 6 heteroatoms. The molecule has 0 bridgehead atoms. The Kier molecular flexibility index (Phi) is 20.3. The van der Waals surface area contributed by atoms with Crippen LogP contribution in [0.2, 0.25) is 0 Å². The van der Waals surface area contributed by atoms with Crippen LogP contribution >= 0.6 is 7.60 Å². The first kappa shape index (κ1) is 34.6. The molecule has 0 heterocycles. The van der Waals surface area contributed by atoms with Gasteiger partial charge < -0.3 is 19.4 Å². The molecule has 0 amide bonds. The highest BCUT2D eigenvalue weighted by molar-refractivity contribution is 7.53. The Hall–Kier alpha value is -0.450. The van der Waals surface area contributed by atoms with E-state index in [1.807, 2.05) is 21.1 Å². The lowest BCUT2D eigenvalue weighted by atomic mass is 10.0. The molecule has 1 unspecified atom stereocenters. The van der Waals surface area contributed by atoms with Crippen LogP contribution in [0.5, 0.6) is 0 Å². The van der Waals surface area contributed by atoms with Crippen LogP contribution in [0.3, 0.4) is 0 Å². The minimum atomic E-state index is -4.55. The number of allylic oxidation sites excluding steroid dienone is 4. The Morgan fingerprint density at radius 3 is 1.40 bits per heavy atom. The molecule has 0 aliphatic rings. The third kappa shape index (κ3) is 21.4. The van der Waals surface area contributed by atoms with Gasteiger partial charge in [-0.15, -0.1) is 0 Å². The van der Waals surface area contributed by atoms with Crippen LogP contribution < -0.4 is 0 Å². The van der Waals surface area contributed by atoms with Crippen molar-refractivity contribution < 1.29 is 23.9 Å². The summed E-state index contributed by atoms with van der Waals surface area (Å²) in [5.74, 6) is 0. The minimum absolute atomic E-state index is 0.0616. The highest BCUT2D eigenvalue weighted by Crippen LogP contribution is 2.52. The standard InChI is InChI=1S/C29H58NO4P/c1-5-6-7-8-9-10-11-12-13-14-15-16-17-18-19-20-21-22-23-24-25-26-27-29(31,35(32,33)34)28-30(2,3)4/h6-7,10-11,31H,5,8-9,12-28H2,1-4H3,(H-,32,33,34)/p+1/b7-6-,11-10-. The van der Waals surface area contributed by atoms with Gasteiger partial charge in [-0.05, 0) is 44.9 Å². The van der Waals surface area contributed by atoms with Gasteiger partial charge in [0.05, 0.1) is 21.1 Å². The second-order valence-corrected chi connectivity index (χ2v) is 13.3. The molecule has 0 rings (SSSR count). The number of rotatable bonds is 24. The molecule has 0 aliphatic carbocycles. The maximum Gasteiger partial charge on any atom is 0.362 e. The van der Waals surface area contributed by atoms with Crippen molar-refractivity contribution in [3.8, 4) is 0 Å². The van der Waals surface area contributed by atoms with E-state index in [-0.39, 0.29) is 13.0 Å². The molecule has 1 atom stereocenters. The van der Waals surface area contributed by atoms with Crippen LogP contribution in [-0.2, 0) is 4.57 Å². The summed E-state index contributed by atoms with van der Waals surface area (Å²) in [4.78, 5) is 19.2. The fourth-order valence-corrected chi connectivity index (χ4v) is 5.64. The van der Waals surface area contributed by atoms with Crippen LogP contribution in [0, 0.1) is 0 Å². The number of likely N-dealkylation sites (N-methyl/N-ethyl adjacent to an activating group) is 1. The SMILES string of the molecule is CC/C=C\CC/C=C\CCCCCCCCCCCCCCCCC(O)(C[N+](C)(C)C)P(=O)(O)O. The van der Waals surface area contributed by atoms with Gasteiger partial charge in [-0.3, -0.25) is 4.57 Å². The summed E-state index contributed by atoms with van der Waals surface area (Å²) in [5, 5.41) is 8.66. The Balaban J connectivity index is 3.51. The van der Waals surface area contributed by atoms with E-state index in [0.29, 0.717) is 10.9 Å². The molecule has 0 aromatic rings. The molecule has 0 radical (unpaired) electrons. The van der Waals surface area contributed by atoms with E-state index in [2.05, 4.69) is 31.2 Å². The molecular formula is C29H59NO4P+. The van der Waals surface area contributed by atoms with Crippen LogP contribution in [0.15, 0.2) is 24.3 Å². The highest BCUT2D eigenvalue weighted by atomic mass is 31.2. The van der Waals surface area contributed by atoms with E-state index < -0.39 is 12.9 Å². The van der Waals surface area contributed by atoms with Gasteiger partial charge in [0.25, 0.3) is 0 Å².